The maximum absolute atomic E-state index is 12.1. The van der Waals surface area contributed by atoms with Gasteiger partial charge in [-0.3, -0.25) is 9.69 Å². The van der Waals surface area contributed by atoms with Crippen molar-refractivity contribution in [2.75, 3.05) is 39.3 Å². The second-order valence-electron chi connectivity index (χ2n) is 5.98. The van der Waals surface area contributed by atoms with Gasteiger partial charge in [0, 0.05) is 43.7 Å². The summed E-state index contributed by atoms with van der Waals surface area (Å²) in [6, 6.07) is 7.43. The summed E-state index contributed by atoms with van der Waals surface area (Å²) in [5, 5.41) is 0.717. The Morgan fingerprint density at radius 1 is 1.18 bits per heavy atom. The maximum atomic E-state index is 12.1. The number of nitrogens with zero attached hydrogens (tertiary/aromatic N) is 2. The molecule has 1 saturated heterocycles. The first kappa shape index (κ1) is 17.1. The van der Waals surface area contributed by atoms with E-state index in [1.54, 1.807) is 0 Å². The maximum Gasteiger partial charge on any atom is 0.225 e. The van der Waals surface area contributed by atoms with Gasteiger partial charge in [0.15, 0.2) is 0 Å². The summed E-state index contributed by atoms with van der Waals surface area (Å²) in [5.74, 6) is 1.19. The Morgan fingerprint density at radius 2 is 1.91 bits per heavy atom. The van der Waals surface area contributed by atoms with Crippen molar-refractivity contribution in [3.05, 3.63) is 29.3 Å². The highest BCUT2D eigenvalue weighted by Gasteiger charge is 2.20. The zero-order chi connectivity index (χ0) is 15.9. The average Bonchev–Trinajstić information content (AvgIpc) is 2.74. The van der Waals surface area contributed by atoms with Crippen molar-refractivity contribution in [2.24, 2.45) is 5.92 Å². The van der Waals surface area contributed by atoms with Crippen LogP contribution in [0, 0.1) is 5.92 Å². The number of hydrogen-bond acceptors (Lipinski definition) is 3. The first-order valence-corrected chi connectivity index (χ1v) is 8.33. The molecule has 1 amide bonds. The number of benzene rings is 1. The van der Waals surface area contributed by atoms with Gasteiger partial charge in [0.1, 0.15) is 12.4 Å². The van der Waals surface area contributed by atoms with Crippen molar-refractivity contribution in [1.82, 2.24) is 9.80 Å². The van der Waals surface area contributed by atoms with Crippen molar-refractivity contribution < 1.29 is 9.53 Å². The largest absolute Gasteiger partial charge is 0.492 e. The minimum Gasteiger partial charge on any atom is -0.492 e. The van der Waals surface area contributed by atoms with E-state index in [1.165, 1.54) is 0 Å². The van der Waals surface area contributed by atoms with E-state index >= 15 is 0 Å². The highest BCUT2D eigenvalue weighted by atomic mass is 35.5. The van der Waals surface area contributed by atoms with Gasteiger partial charge in [-0.05, 0) is 30.7 Å². The molecule has 1 heterocycles. The van der Waals surface area contributed by atoms with Gasteiger partial charge in [-0.15, -0.1) is 0 Å². The lowest BCUT2D eigenvalue weighted by Gasteiger charge is -2.23. The first-order valence-electron chi connectivity index (χ1n) is 7.96. The Hall–Kier alpha value is -1.26. The van der Waals surface area contributed by atoms with E-state index in [4.69, 9.17) is 16.3 Å². The molecule has 0 bridgehead atoms. The summed E-state index contributed by atoms with van der Waals surface area (Å²) in [6.45, 7) is 9.08. The molecular formula is C17H25ClN2O2. The molecule has 0 N–H and O–H groups in total. The van der Waals surface area contributed by atoms with Crippen LogP contribution in [0.25, 0.3) is 0 Å². The molecule has 0 radical (unpaired) electrons. The third-order valence-corrected chi connectivity index (χ3v) is 4.14. The van der Waals surface area contributed by atoms with Crippen LogP contribution in [0.1, 0.15) is 20.3 Å². The van der Waals surface area contributed by atoms with Crippen LogP contribution in [-0.2, 0) is 4.79 Å². The Labute approximate surface area is 138 Å². The predicted molar refractivity (Wildman–Crippen MR) is 89.4 cm³/mol. The Bertz CT molecular complexity index is 476. The topological polar surface area (TPSA) is 32.8 Å². The van der Waals surface area contributed by atoms with E-state index in [-0.39, 0.29) is 11.8 Å². The molecule has 22 heavy (non-hydrogen) atoms. The monoisotopic (exact) mass is 324 g/mol. The molecule has 0 atom stereocenters. The number of halogens is 1. The normalized spacial score (nSPS) is 16.6. The molecule has 1 aromatic carbocycles. The van der Waals surface area contributed by atoms with Gasteiger partial charge in [0.2, 0.25) is 5.91 Å². The number of ether oxygens (including phenoxy) is 1. The lowest BCUT2D eigenvalue weighted by Crippen LogP contribution is -2.38. The third kappa shape index (κ3) is 5.18. The highest BCUT2D eigenvalue weighted by molar-refractivity contribution is 6.30. The zero-order valence-corrected chi connectivity index (χ0v) is 14.2. The SMILES string of the molecule is CC(C)C(=O)N1CCCN(CCOc2ccc(Cl)cc2)CC1. The second-order valence-corrected chi connectivity index (χ2v) is 6.41. The summed E-state index contributed by atoms with van der Waals surface area (Å²) in [5.41, 5.74) is 0. The van der Waals surface area contributed by atoms with E-state index < -0.39 is 0 Å². The van der Waals surface area contributed by atoms with Gasteiger partial charge in [0.25, 0.3) is 0 Å². The van der Waals surface area contributed by atoms with Gasteiger partial charge in [-0.25, -0.2) is 0 Å². The molecule has 0 aliphatic carbocycles. The zero-order valence-electron chi connectivity index (χ0n) is 13.4. The molecule has 1 aliphatic heterocycles. The molecule has 1 aliphatic rings. The van der Waals surface area contributed by atoms with Crippen LogP contribution in [0.4, 0.5) is 0 Å². The average molecular weight is 325 g/mol. The summed E-state index contributed by atoms with van der Waals surface area (Å²) in [7, 11) is 0. The molecule has 0 aromatic heterocycles. The van der Waals surface area contributed by atoms with Crippen LogP contribution < -0.4 is 4.74 Å². The van der Waals surface area contributed by atoms with Crippen LogP contribution in [0.2, 0.25) is 5.02 Å². The van der Waals surface area contributed by atoms with Gasteiger partial charge in [-0.1, -0.05) is 25.4 Å². The minimum atomic E-state index is 0.0831. The minimum absolute atomic E-state index is 0.0831. The van der Waals surface area contributed by atoms with Crippen molar-refractivity contribution in [2.45, 2.75) is 20.3 Å². The summed E-state index contributed by atoms with van der Waals surface area (Å²) < 4.78 is 5.74. The molecule has 1 fully saturated rings. The Kier molecular flexibility index (Phi) is 6.52. The van der Waals surface area contributed by atoms with Gasteiger partial charge < -0.3 is 9.64 Å². The second kappa shape index (κ2) is 8.39. The van der Waals surface area contributed by atoms with Gasteiger partial charge in [-0.2, -0.15) is 0 Å². The quantitative estimate of drug-likeness (QED) is 0.835. The summed E-state index contributed by atoms with van der Waals surface area (Å²) in [4.78, 5) is 16.4. The molecule has 0 unspecified atom stereocenters. The molecule has 4 nitrogen and oxygen atoms in total. The highest BCUT2D eigenvalue weighted by Crippen LogP contribution is 2.15. The number of amides is 1. The molecule has 5 heteroatoms. The molecule has 2 rings (SSSR count). The van der Waals surface area contributed by atoms with Crippen LogP contribution in [0.15, 0.2) is 24.3 Å². The van der Waals surface area contributed by atoms with E-state index in [1.807, 2.05) is 43.0 Å². The smallest absolute Gasteiger partial charge is 0.225 e. The molecule has 0 spiro atoms. The van der Waals surface area contributed by atoms with E-state index in [0.29, 0.717) is 6.61 Å². The van der Waals surface area contributed by atoms with Crippen molar-refractivity contribution in [1.29, 1.82) is 0 Å². The van der Waals surface area contributed by atoms with E-state index in [0.717, 1.165) is 49.9 Å². The number of rotatable bonds is 5. The number of carbonyl (C=O) groups is 1. The van der Waals surface area contributed by atoms with Gasteiger partial charge in [0.05, 0.1) is 0 Å². The van der Waals surface area contributed by atoms with Crippen LogP contribution >= 0.6 is 11.6 Å². The number of carbonyl (C=O) groups excluding carboxylic acids is 1. The van der Waals surface area contributed by atoms with E-state index in [2.05, 4.69) is 4.90 Å². The molecule has 1 aromatic rings. The first-order chi connectivity index (χ1) is 10.6. The number of hydrogen-bond donors (Lipinski definition) is 0. The fourth-order valence-corrected chi connectivity index (χ4v) is 2.73. The fraction of sp³-hybridized carbons (Fsp3) is 0.588. The molecule has 0 saturated carbocycles. The van der Waals surface area contributed by atoms with Crippen molar-refractivity contribution in [3.8, 4) is 5.75 Å². The van der Waals surface area contributed by atoms with E-state index in [9.17, 15) is 4.79 Å². The molecule has 122 valence electrons. The summed E-state index contributed by atoms with van der Waals surface area (Å²) >= 11 is 5.85. The fourth-order valence-electron chi connectivity index (χ4n) is 2.60. The third-order valence-electron chi connectivity index (χ3n) is 3.88. The Balaban J connectivity index is 1.73. The Morgan fingerprint density at radius 3 is 2.59 bits per heavy atom. The van der Waals surface area contributed by atoms with Crippen LogP contribution in [0.5, 0.6) is 5.75 Å². The van der Waals surface area contributed by atoms with Crippen LogP contribution in [0.3, 0.4) is 0 Å². The predicted octanol–water partition coefficient (Wildman–Crippen LogP) is 2.91. The summed E-state index contributed by atoms with van der Waals surface area (Å²) in [6.07, 6.45) is 1.03. The van der Waals surface area contributed by atoms with Crippen molar-refractivity contribution >= 4 is 17.5 Å². The van der Waals surface area contributed by atoms with Crippen molar-refractivity contribution in [3.63, 3.8) is 0 Å². The lowest BCUT2D eigenvalue weighted by atomic mass is 10.2. The van der Waals surface area contributed by atoms with Crippen LogP contribution in [-0.4, -0.2) is 55.0 Å². The molecular weight excluding hydrogens is 300 g/mol. The lowest BCUT2D eigenvalue weighted by molar-refractivity contribution is -0.134. The van der Waals surface area contributed by atoms with Gasteiger partial charge >= 0.3 is 0 Å². The standard InChI is InChI=1S/C17H25ClN2O2/c1-14(2)17(21)20-9-3-8-19(10-11-20)12-13-22-16-6-4-15(18)5-7-16/h4-7,14H,3,8-13H2,1-2H3.